The molecular formula is C14H20ClNO2. The van der Waals surface area contributed by atoms with Crippen molar-refractivity contribution >= 4 is 17.5 Å². The molecule has 0 bridgehead atoms. The Labute approximate surface area is 113 Å². The van der Waals surface area contributed by atoms with Crippen LogP contribution in [0.2, 0.25) is 5.02 Å². The molecule has 0 radical (unpaired) electrons. The molecule has 0 unspecified atom stereocenters. The van der Waals surface area contributed by atoms with Gasteiger partial charge >= 0.3 is 0 Å². The fourth-order valence-corrected chi connectivity index (χ4v) is 1.90. The topological polar surface area (TPSA) is 38.3 Å². The first-order valence-corrected chi connectivity index (χ1v) is 6.61. The van der Waals surface area contributed by atoms with E-state index in [4.69, 9.17) is 16.3 Å². The molecule has 18 heavy (non-hydrogen) atoms. The van der Waals surface area contributed by atoms with Crippen LogP contribution in [-0.4, -0.2) is 26.2 Å². The van der Waals surface area contributed by atoms with Gasteiger partial charge < -0.3 is 10.1 Å². The molecule has 0 atom stereocenters. The van der Waals surface area contributed by atoms with E-state index >= 15 is 0 Å². The summed E-state index contributed by atoms with van der Waals surface area (Å²) in [5.74, 6) is 0.0955. The molecule has 100 valence electrons. The molecule has 0 saturated heterocycles. The first-order chi connectivity index (χ1) is 8.74. The maximum Gasteiger partial charge on any atom is 0.220 e. The molecule has 0 aromatic heterocycles. The van der Waals surface area contributed by atoms with Gasteiger partial charge in [-0.25, -0.2) is 0 Å². The number of nitrogens with one attached hydrogen (secondary N) is 1. The summed E-state index contributed by atoms with van der Waals surface area (Å²) in [6.07, 6.45) is 3.05. The van der Waals surface area contributed by atoms with Crippen LogP contribution >= 0.6 is 11.6 Å². The number of benzene rings is 1. The van der Waals surface area contributed by atoms with E-state index in [1.807, 2.05) is 24.3 Å². The number of halogens is 1. The number of amides is 1. The van der Waals surface area contributed by atoms with Gasteiger partial charge in [-0.3, -0.25) is 4.79 Å². The Morgan fingerprint density at radius 1 is 1.33 bits per heavy atom. The van der Waals surface area contributed by atoms with Crippen molar-refractivity contribution in [1.82, 2.24) is 5.32 Å². The monoisotopic (exact) mass is 269 g/mol. The fourth-order valence-electron chi connectivity index (χ4n) is 1.67. The Morgan fingerprint density at radius 3 is 2.83 bits per heavy atom. The standard InChI is InChI=1S/C14H20ClNO2/c1-18-11-5-10-16-14(17)9-4-7-12-6-2-3-8-13(12)15/h2-3,6,8H,4-5,7,9-11H2,1H3,(H,16,17). The number of hydrogen-bond acceptors (Lipinski definition) is 2. The molecule has 0 fully saturated rings. The lowest BCUT2D eigenvalue weighted by atomic mass is 10.1. The smallest absolute Gasteiger partial charge is 0.220 e. The average Bonchev–Trinajstić information content (AvgIpc) is 2.37. The van der Waals surface area contributed by atoms with Gasteiger partial charge in [0.15, 0.2) is 0 Å². The van der Waals surface area contributed by atoms with Gasteiger partial charge in [0.25, 0.3) is 0 Å². The second kappa shape index (κ2) is 8.95. The SMILES string of the molecule is COCCCNC(=O)CCCc1ccccc1Cl. The molecule has 1 aromatic rings. The minimum absolute atomic E-state index is 0.0955. The highest BCUT2D eigenvalue weighted by molar-refractivity contribution is 6.31. The third-order valence-corrected chi connectivity index (χ3v) is 3.02. The van der Waals surface area contributed by atoms with Crippen molar-refractivity contribution in [2.24, 2.45) is 0 Å². The van der Waals surface area contributed by atoms with Crippen LogP contribution in [0, 0.1) is 0 Å². The van der Waals surface area contributed by atoms with E-state index in [0.29, 0.717) is 19.6 Å². The molecule has 0 heterocycles. The molecule has 1 amide bonds. The van der Waals surface area contributed by atoms with Crippen molar-refractivity contribution in [3.05, 3.63) is 34.9 Å². The van der Waals surface area contributed by atoms with Crippen LogP contribution in [0.25, 0.3) is 0 Å². The maximum absolute atomic E-state index is 11.5. The zero-order chi connectivity index (χ0) is 13.2. The lowest BCUT2D eigenvalue weighted by Crippen LogP contribution is -2.24. The van der Waals surface area contributed by atoms with Crippen LogP contribution in [0.1, 0.15) is 24.8 Å². The Bertz CT molecular complexity index is 369. The number of methoxy groups -OCH3 is 1. The van der Waals surface area contributed by atoms with Crippen LogP contribution < -0.4 is 5.32 Å². The summed E-state index contributed by atoms with van der Waals surface area (Å²) < 4.78 is 4.91. The van der Waals surface area contributed by atoms with E-state index in [2.05, 4.69) is 5.32 Å². The van der Waals surface area contributed by atoms with E-state index in [1.54, 1.807) is 7.11 Å². The summed E-state index contributed by atoms with van der Waals surface area (Å²) in [6.45, 7) is 1.36. The van der Waals surface area contributed by atoms with Crippen molar-refractivity contribution in [3.63, 3.8) is 0 Å². The third kappa shape index (κ3) is 6.03. The van der Waals surface area contributed by atoms with Crippen LogP contribution in [0.3, 0.4) is 0 Å². The van der Waals surface area contributed by atoms with E-state index < -0.39 is 0 Å². The number of carbonyl (C=O) groups excluding carboxylic acids is 1. The van der Waals surface area contributed by atoms with Crippen molar-refractivity contribution in [2.45, 2.75) is 25.7 Å². The molecule has 0 aliphatic carbocycles. The van der Waals surface area contributed by atoms with Gasteiger partial charge in [-0.1, -0.05) is 29.8 Å². The van der Waals surface area contributed by atoms with Crippen LogP contribution in [0.5, 0.6) is 0 Å². The van der Waals surface area contributed by atoms with Crippen LogP contribution in [-0.2, 0) is 16.0 Å². The first kappa shape index (κ1) is 15.0. The largest absolute Gasteiger partial charge is 0.385 e. The van der Waals surface area contributed by atoms with Gasteiger partial charge in [-0.2, -0.15) is 0 Å². The van der Waals surface area contributed by atoms with Crippen molar-refractivity contribution in [3.8, 4) is 0 Å². The zero-order valence-electron chi connectivity index (χ0n) is 10.7. The summed E-state index contributed by atoms with van der Waals surface area (Å²) in [4.78, 5) is 11.5. The lowest BCUT2D eigenvalue weighted by molar-refractivity contribution is -0.121. The Balaban J connectivity index is 2.14. The van der Waals surface area contributed by atoms with Gasteiger partial charge in [-0.05, 0) is 30.9 Å². The Kier molecular flexibility index (Phi) is 7.46. The molecule has 0 saturated carbocycles. The summed E-state index contributed by atoms with van der Waals surface area (Å²) in [6, 6.07) is 7.75. The van der Waals surface area contributed by atoms with E-state index in [1.165, 1.54) is 0 Å². The number of aryl methyl sites for hydroxylation is 1. The normalized spacial score (nSPS) is 10.3. The molecule has 3 nitrogen and oxygen atoms in total. The van der Waals surface area contributed by atoms with E-state index in [-0.39, 0.29) is 5.91 Å². The highest BCUT2D eigenvalue weighted by Crippen LogP contribution is 2.16. The third-order valence-electron chi connectivity index (χ3n) is 2.66. The summed E-state index contributed by atoms with van der Waals surface area (Å²) in [5, 5.41) is 3.64. The Morgan fingerprint density at radius 2 is 2.11 bits per heavy atom. The molecule has 1 aromatic carbocycles. The Hall–Kier alpha value is -1.06. The van der Waals surface area contributed by atoms with Crippen molar-refractivity contribution in [2.75, 3.05) is 20.3 Å². The summed E-state index contributed by atoms with van der Waals surface area (Å²) in [7, 11) is 1.66. The average molecular weight is 270 g/mol. The predicted octanol–water partition coefficient (Wildman–Crippen LogP) is 2.82. The van der Waals surface area contributed by atoms with E-state index in [9.17, 15) is 4.79 Å². The quantitative estimate of drug-likeness (QED) is 0.737. The predicted molar refractivity (Wildman–Crippen MR) is 73.9 cm³/mol. The van der Waals surface area contributed by atoms with Gasteiger partial charge in [0, 0.05) is 31.7 Å². The van der Waals surface area contributed by atoms with Gasteiger partial charge in [0.1, 0.15) is 0 Å². The molecule has 1 rings (SSSR count). The molecule has 0 aliphatic rings. The van der Waals surface area contributed by atoms with Gasteiger partial charge in [-0.15, -0.1) is 0 Å². The lowest BCUT2D eigenvalue weighted by Gasteiger charge is -2.06. The number of ether oxygens (including phenoxy) is 1. The second-order valence-corrected chi connectivity index (χ2v) is 4.55. The van der Waals surface area contributed by atoms with Gasteiger partial charge in [0.2, 0.25) is 5.91 Å². The molecule has 0 aliphatic heterocycles. The highest BCUT2D eigenvalue weighted by Gasteiger charge is 2.03. The maximum atomic E-state index is 11.5. The van der Waals surface area contributed by atoms with Crippen molar-refractivity contribution in [1.29, 1.82) is 0 Å². The highest BCUT2D eigenvalue weighted by atomic mass is 35.5. The minimum Gasteiger partial charge on any atom is -0.385 e. The van der Waals surface area contributed by atoms with Gasteiger partial charge in [0.05, 0.1) is 0 Å². The number of rotatable bonds is 8. The molecule has 0 spiro atoms. The summed E-state index contributed by atoms with van der Waals surface area (Å²) >= 11 is 6.04. The number of hydrogen-bond donors (Lipinski definition) is 1. The zero-order valence-corrected chi connectivity index (χ0v) is 11.5. The van der Waals surface area contributed by atoms with Crippen LogP contribution in [0.4, 0.5) is 0 Å². The molecule has 1 N–H and O–H groups in total. The summed E-state index contributed by atoms with van der Waals surface area (Å²) in [5.41, 5.74) is 1.10. The number of carbonyl (C=O) groups is 1. The van der Waals surface area contributed by atoms with Crippen molar-refractivity contribution < 1.29 is 9.53 Å². The fraction of sp³-hybridized carbons (Fsp3) is 0.500. The van der Waals surface area contributed by atoms with E-state index in [0.717, 1.165) is 29.8 Å². The second-order valence-electron chi connectivity index (χ2n) is 4.14. The van der Waals surface area contributed by atoms with Crippen LogP contribution in [0.15, 0.2) is 24.3 Å². The molecule has 4 heteroatoms. The molecular weight excluding hydrogens is 250 g/mol. The first-order valence-electron chi connectivity index (χ1n) is 6.23. The minimum atomic E-state index is 0.0955.